The fraction of sp³-hybridized carbons (Fsp3) is 0.652. The fourth-order valence-corrected chi connectivity index (χ4v) is 4.37. The maximum Gasteiger partial charge on any atom is 0.226 e. The predicted octanol–water partition coefficient (Wildman–Crippen LogP) is 3.01. The third kappa shape index (κ3) is 5.81. The number of piperazine rings is 1. The lowest BCUT2D eigenvalue weighted by Gasteiger charge is -2.36. The van der Waals surface area contributed by atoms with Crippen LogP contribution in [0, 0.1) is 11.8 Å². The van der Waals surface area contributed by atoms with Gasteiger partial charge in [0.25, 0.3) is 0 Å². The van der Waals surface area contributed by atoms with Crippen LogP contribution in [0.5, 0.6) is 0 Å². The van der Waals surface area contributed by atoms with Crippen molar-refractivity contribution >= 4 is 11.8 Å². The number of benzene rings is 1. The van der Waals surface area contributed by atoms with Crippen LogP contribution in [0.15, 0.2) is 30.3 Å². The summed E-state index contributed by atoms with van der Waals surface area (Å²) in [6.45, 7) is 10.5. The highest BCUT2D eigenvalue weighted by Gasteiger charge is 2.31. The van der Waals surface area contributed by atoms with Gasteiger partial charge in [-0.05, 0) is 24.3 Å². The second-order valence-electron chi connectivity index (χ2n) is 8.72. The van der Waals surface area contributed by atoms with Crippen LogP contribution in [0.25, 0.3) is 0 Å². The third-order valence-electron chi connectivity index (χ3n) is 5.88. The van der Waals surface area contributed by atoms with Gasteiger partial charge in [-0.15, -0.1) is 0 Å². The van der Waals surface area contributed by atoms with Crippen molar-refractivity contribution in [2.45, 2.75) is 46.1 Å². The first-order valence-corrected chi connectivity index (χ1v) is 10.9. The molecule has 1 atom stereocenters. The first kappa shape index (κ1) is 20.8. The van der Waals surface area contributed by atoms with Crippen LogP contribution >= 0.6 is 0 Å². The minimum atomic E-state index is -0.160. The van der Waals surface area contributed by atoms with E-state index >= 15 is 0 Å². The summed E-state index contributed by atoms with van der Waals surface area (Å²) in [5, 5.41) is 0. The lowest BCUT2D eigenvalue weighted by Crippen LogP contribution is -2.50. The van der Waals surface area contributed by atoms with Gasteiger partial charge in [0.05, 0.1) is 0 Å². The van der Waals surface area contributed by atoms with Crippen LogP contribution in [0.1, 0.15) is 45.1 Å². The zero-order valence-corrected chi connectivity index (χ0v) is 17.5. The Balaban J connectivity index is 1.53. The highest BCUT2D eigenvalue weighted by Crippen LogP contribution is 2.23. The van der Waals surface area contributed by atoms with Crippen molar-refractivity contribution in [3.8, 4) is 0 Å². The van der Waals surface area contributed by atoms with Gasteiger partial charge in [-0.25, -0.2) is 0 Å². The van der Waals surface area contributed by atoms with Gasteiger partial charge in [0.2, 0.25) is 11.8 Å². The molecule has 1 aromatic carbocycles. The number of carbonyl (C=O) groups excluding carboxylic acids is 2. The van der Waals surface area contributed by atoms with Crippen LogP contribution in [0.4, 0.5) is 0 Å². The smallest absolute Gasteiger partial charge is 0.226 e. The molecule has 2 aliphatic heterocycles. The van der Waals surface area contributed by atoms with E-state index in [1.807, 2.05) is 28.0 Å². The van der Waals surface area contributed by atoms with Crippen molar-refractivity contribution in [1.29, 1.82) is 0 Å². The number of likely N-dealkylation sites (tertiary alicyclic amines) is 1. The number of hydrogen-bond acceptors (Lipinski definition) is 3. The van der Waals surface area contributed by atoms with Crippen molar-refractivity contribution in [2.75, 3.05) is 39.3 Å². The number of carbonyl (C=O) groups is 2. The normalized spacial score (nSPS) is 21.8. The third-order valence-corrected chi connectivity index (χ3v) is 5.88. The van der Waals surface area contributed by atoms with Crippen molar-refractivity contribution in [1.82, 2.24) is 14.7 Å². The molecule has 0 bridgehead atoms. The first-order chi connectivity index (χ1) is 13.5. The van der Waals surface area contributed by atoms with Crippen LogP contribution in [-0.4, -0.2) is 65.8 Å². The molecule has 0 radical (unpaired) electrons. The Labute approximate surface area is 169 Å². The zero-order chi connectivity index (χ0) is 19.9. The standard InChI is InChI=1S/C23H35N3O2/c1-19(2)17-24-12-14-25(15-13-24)22(27)16-21-10-6-7-11-26(23(21)28)18-20-8-4-3-5-9-20/h3-5,8-9,19,21H,6-7,10-18H2,1-2H3. The van der Waals surface area contributed by atoms with Gasteiger partial charge >= 0.3 is 0 Å². The van der Waals surface area contributed by atoms with Gasteiger partial charge in [0.15, 0.2) is 0 Å². The van der Waals surface area contributed by atoms with Crippen LogP contribution < -0.4 is 0 Å². The molecule has 2 aliphatic rings. The van der Waals surface area contributed by atoms with E-state index in [1.165, 1.54) is 0 Å². The monoisotopic (exact) mass is 385 g/mol. The summed E-state index contributed by atoms with van der Waals surface area (Å²) < 4.78 is 0. The second kappa shape index (κ2) is 10.1. The molecule has 2 saturated heterocycles. The lowest BCUT2D eigenvalue weighted by atomic mass is 9.97. The lowest BCUT2D eigenvalue weighted by molar-refractivity contribution is -0.142. The van der Waals surface area contributed by atoms with Gasteiger partial charge in [0.1, 0.15) is 0 Å². The van der Waals surface area contributed by atoms with E-state index < -0.39 is 0 Å². The minimum Gasteiger partial charge on any atom is -0.340 e. The van der Waals surface area contributed by atoms with E-state index in [4.69, 9.17) is 0 Å². The van der Waals surface area contributed by atoms with E-state index in [0.29, 0.717) is 18.9 Å². The molecule has 3 rings (SSSR count). The van der Waals surface area contributed by atoms with E-state index in [-0.39, 0.29) is 17.7 Å². The molecular formula is C23H35N3O2. The van der Waals surface area contributed by atoms with Crippen LogP contribution in [0.3, 0.4) is 0 Å². The molecule has 154 valence electrons. The predicted molar refractivity (Wildman–Crippen MR) is 112 cm³/mol. The van der Waals surface area contributed by atoms with Crippen molar-refractivity contribution in [3.05, 3.63) is 35.9 Å². The molecule has 0 N–H and O–H groups in total. The molecule has 0 saturated carbocycles. The Hall–Kier alpha value is -1.88. The molecule has 1 aromatic rings. The molecular weight excluding hydrogens is 350 g/mol. The Morgan fingerprint density at radius 1 is 1.04 bits per heavy atom. The van der Waals surface area contributed by atoms with Gasteiger partial charge in [-0.1, -0.05) is 50.6 Å². The molecule has 5 heteroatoms. The number of rotatable bonds is 6. The second-order valence-corrected chi connectivity index (χ2v) is 8.72. The van der Waals surface area contributed by atoms with Crippen LogP contribution in [0.2, 0.25) is 0 Å². The van der Waals surface area contributed by atoms with Gasteiger partial charge in [-0.2, -0.15) is 0 Å². The minimum absolute atomic E-state index is 0.157. The van der Waals surface area contributed by atoms with E-state index in [9.17, 15) is 9.59 Å². The molecule has 28 heavy (non-hydrogen) atoms. The molecule has 1 unspecified atom stereocenters. The van der Waals surface area contributed by atoms with Crippen LogP contribution in [-0.2, 0) is 16.1 Å². The van der Waals surface area contributed by atoms with E-state index in [1.54, 1.807) is 0 Å². The van der Waals surface area contributed by atoms with Gasteiger partial charge < -0.3 is 9.80 Å². The summed E-state index contributed by atoms with van der Waals surface area (Å²) >= 11 is 0. The molecule has 2 fully saturated rings. The topological polar surface area (TPSA) is 43.9 Å². The first-order valence-electron chi connectivity index (χ1n) is 10.9. The molecule has 2 heterocycles. The quantitative estimate of drug-likeness (QED) is 0.756. The fourth-order valence-electron chi connectivity index (χ4n) is 4.37. The van der Waals surface area contributed by atoms with E-state index in [2.05, 4.69) is 30.9 Å². The SMILES string of the molecule is CC(C)CN1CCN(C(=O)CC2CCCCN(Cc3ccccc3)C2=O)CC1. The molecule has 5 nitrogen and oxygen atoms in total. The van der Waals surface area contributed by atoms with E-state index in [0.717, 1.165) is 64.1 Å². The summed E-state index contributed by atoms with van der Waals surface area (Å²) in [5.41, 5.74) is 1.16. The number of hydrogen-bond donors (Lipinski definition) is 0. The summed E-state index contributed by atoms with van der Waals surface area (Å²) in [5.74, 6) is 0.811. The summed E-state index contributed by atoms with van der Waals surface area (Å²) in [4.78, 5) is 32.3. The van der Waals surface area contributed by atoms with Gasteiger partial charge in [-0.3, -0.25) is 14.5 Å². The largest absolute Gasteiger partial charge is 0.340 e. The summed E-state index contributed by atoms with van der Waals surface area (Å²) in [6, 6.07) is 10.1. The molecule has 0 aromatic heterocycles. The highest BCUT2D eigenvalue weighted by atomic mass is 16.2. The Kier molecular flexibility index (Phi) is 7.49. The van der Waals surface area contributed by atoms with Gasteiger partial charge in [0, 0.05) is 58.2 Å². The summed E-state index contributed by atoms with van der Waals surface area (Å²) in [6.07, 6.45) is 3.26. The highest BCUT2D eigenvalue weighted by molar-refractivity contribution is 5.86. The maximum atomic E-state index is 13.1. The van der Waals surface area contributed by atoms with Crippen molar-refractivity contribution < 1.29 is 9.59 Å². The molecule has 2 amide bonds. The Bertz CT molecular complexity index is 639. The average Bonchev–Trinajstić information content (AvgIpc) is 2.85. The molecule has 0 aliphatic carbocycles. The summed E-state index contributed by atoms with van der Waals surface area (Å²) in [7, 11) is 0. The zero-order valence-electron chi connectivity index (χ0n) is 17.5. The molecule has 0 spiro atoms. The Morgan fingerprint density at radius 2 is 1.75 bits per heavy atom. The maximum absolute atomic E-state index is 13.1. The van der Waals surface area contributed by atoms with Crippen molar-refractivity contribution in [2.24, 2.45) is 11.8 Å². The average molecular weight is 386 g/mol. The number of nitrogens with zero attached hydrogens (tertiary/aromatic N) is 3. The Morgan fingerprint density at radius 3 is 2.43 bits per heavy atom. The van der Waals surface area contributed by atoms with Crippen molar-refractivity contribution in [3.63, 3.8) is 0 Å². The number of amides is 2.